The van der Waals surface area contributed by atoms with Crippen LogP contribution in [0.4, 0.5) is 0 Å². The number of rotatable bonds is 11. The summed E-state index contributed by atoms with van der Waals surface area (Å²) < 4.78 is 23.7. The fraction of sp³-hybridized carbons (Fsp3) is 0.304. The molecule has 0 amide bonds. The zero-order valence-electron chi connectivity index (χ0n) is 30.8. The molecule has 3 atom stereocenters. The summed E-state index contributed by atoms with van der Waals surface area (Å²) in [5, 5.41) is 25.6. The topological polar surface area (TPSA) is 112 Å². The zero-order valence-corrected chi connectivity index (χ0v) is 30.8. The monoisotopic (exact) mass is 728 g/mol. The molecule has 2 aliphatic carbocycles. The van der Waals surface area contributed by atoms with Crippen LogP contribution in [0.5, 0.6) is 0 Å². The minimum Gasteiger partial charge on any atom is -0.499 e. The average Bonchev–Trinajstić information content (AvgIpc) is 3.87. The quantitative estimate of drug-likeness (QED) is 0.120. The molecule has 1 spiro atoms. The van der Waals surface area contributed by atoms with Gasteiger partial charge in [0.1, 0.15) is 34.6 Å². The third-order valence-corrected chi connectivity index (χ3v) is 10.8. The van der Waals surface area contributed by atoms with Crippen LogP contribution in [0.25, 0.3) is 0 Å². The summed E-state index contributed by atoms with van der Waals surface area (Å²) in [5.74, 6) is -1.17. The van der Waals surface area contributed by atoms with Gasteiger partial charge in [0.05, 0.1) is 14.2 Å². The van der Waals surface area contributed by atoms with E-state index in [1.807, 2.05) is 121 Å². The van der Waals surface area contributed by atoms with Gasteiger partial charge in [-0.3, -0.25) is 9.59 Å². The molecule has 1 saturated carbocycles. The van der Waals surface area contributed by atoms with Gasteiger partial charge in [0.15, 0.2) is 11.6 Å². The van der Waals surface area contributed by atoms with Crippen molar-refractivity contribution in [1.29, 1.82) is 0 Å². The molecule has 0 radical (unpaired) electrons. The lowest BCUT2D eigenvalue weighted by molar-refractivity contribution is -0.192. The highest BCUT2D eigenvalue weighted by Gasteiger charge is 2.63. The first kappa shape index (κ1) is 38.6. The third kappa shape index (κ3) is 7.22. The second kappa shape index (κ2) is 16.5. The van der Waals surface area contributed by atoms with Gasteiger partial charge >= 0.3 is 5.97 Å². The molecule has 8 nitrogen and oxygen atoms in total. The van der Waals surface area contributed by atoms with E-state index < -0.39 is 40.6 Å². The predicted octanol–water partition coefficient (Wildman–Crippen LogP) is 7.69. The summed E-state index contributed by atoms with van der Waals surface area (Å²) in [6.45, 7) is 3.62. The standard InChI is InChI=1S/C33H32O4.C13H16O4/c34-32(25-15-5-1-6-16-25,26-17-7-2-8-18-26)29-30(37-31(36-29)23-13-14-24-31)33(35,27-19-9-3-10-20-27)28-21-11-4-12-22-28;1-4-5-7-13(12(15)17-3)8-6-10(14)9-11(13)16-2/h1-12,15-22,29-30,34-35H,13-14,23-24H2;4,6,8-9H,1,5,7H2,2-3H3/t29-,30-;/m1./s1. The van der Waals surface area contributed by atoms with Crippen molar-refractivity contribution in [2.75, 3.05) is 14.2 Å². The Balaban J connectivity index is 0.000000247. The van der Waals surface area contributed by atoms with E-state index in [0.717, 1.165) is 25.7 Å². The van der Waals surface area contributed by atoms with Crippen LogP contribution in [0.1, 0.15) is 60.8 Å². The Hall–Kier alpha value is -5.12. The summed E-state index contributed by atoms with van der Waals surface area (Å²) in [6.07, 6.45) is 8.64. The fourth-order valence-electron chi connectivity index (χ4n) is 7.97. The van der Waals surface area contributed by atoms with Crippen LogP contribution in [0.15, 0.2) is 158 Å². The second-order valence-electron chi connectivity index (χ2n) is 13.9. The van der Waals surface area contributed by atoms with Crippen LogP contribution in [-0.4, -0.2) is 54.2 Å². The molecule has 1 aliphatic heterocycles. The van der Waals surface area contributed by atoms with Crippen LogP contribution in [0.3, 0.4) is 0 Å². The molecule has 0 aromatic heterocycles. The highest BCUT2D eigenvalue weighted by molar-refractivity contribution is 6.03. The Labute approximate surface area is 317 Å². The summed E-state index contributed by atoms with van der Waals surface area (Å²) in [5.41, 5.74) is -1.38. The number of methoxy groups -OCH3 is 2. The zero-order chi connectivity index (χ0) is 38.2. The number of carbonyl (C=O) groups excluding carboxylic acids is 2. The van der Waals surface area contributed by atoms with Crippen molar-refractivity contribution in [3.8, 4) is 0 Å². The maximum absolute atomic E-state index is 12.8. The minimum atomic E-state index is -1.57. The van der Waals surface area contributed by atoms with Crippen molar-refractivity contribution in [2.45, 2.75) is 67.7 Å². The number of ether oxygens (including phenoxy) is 4. The molecular weight excluding hydrogens is 680 g/mol. The number of allylic oxidation sites excluding steroid dienone is 3. The first-order valence-electron chi connectivity index (χ1n) is 18.4. The van der Waals surface area contributed by atoms with Crippen LogP contribution < -0.4 is 0 Å². The van der Waals surface area contributed by atoms with Gasteiger partial charge in [0.25, 0.3) is 0 Å². The maximum atomic E-state index is 12.8. The molecule has 1 unspecified atom stereocenters. The predicted molar refractivity (Wildman–Crippen MR) is 206 cm³/mol. The summed E-state index contributed by atoms with van der Waals surface area (Å²) in [7, 11) is 2.75. The fourth-order valence-corrected chi connectivity index (χ4v) is 7.97. The molecule has 2 N–H and O–H groups in total. The van der Waals surface area contributed by atoms with E-state index in [-0.39, 0.29) is 5.78 Å². The maximum Gasteiger partial charge on any atom is 0.323 e. The Morgan fingerprint density at radius 3 is 1.52 bits per heavy atom. The van der Waals surface area contributed by atoms with Crippen LogP contribution in [-0.2, 0) is 39.7 Å². The van der Waals surface area contributed by atoms with E-state index >= 15 is 0 Å². The van der Waals surface area contributed by atoms with E-state index in [1.54, 1.807) is 12.2 Å². The number of carbonyl (C=O) groups is 2. The molecule has 7 rings (SSSR count). The molecule has 4 aromatic rings. The first-order valence-corrected chi connectivity index (χ1v) is 18.4. The van der Waals surface area contributed by atoms with Crippen molar-refractivity contribution >= 4 is 11.8 Å². The van der Waals surface area contributed by atoms with Crippen LogP contribution in [0.2, 0.25) is 0 Å². The van der Waals surface area contributed by atoms with Gasteiger partial charge in [-0.2, -0.15) is 0 Å². The van der Waals surface area contributed by atoms with E-state index in [4.69, 9.17) is 18.9 Å². The second-order valence-corrected chi connectivity index (χ2v) is 13.9. The molecule has 1 heterocycles. The molecule has 2 fully saturated rings. The lowest BCUT2D eigenvalue weighted by Crippen LogP contribution is -2.54. The number of esters is 1. The number of benzene rings is 4. The van der Waals surface area contributed by atoms with Crippen molar-refractivity contribution in [3.63, 3.8) is 0 Å². The normalized spacial score (nSPS) is 21.9. The number of aliphatic hydroxyl groups is 2. The number of hydrogen-bond donors (Lipinski definition) is 2. The van der Waals surface area contributed by atoms with Gasteiger partial charge in [-0.15, -0.1) is 6.58 Å². The number of hydrogen-bond acceptors (Lipinski definition) is 8. The van der Waals surface area contributed by atoms with Gasteiger partial charge in [0.2, 0.25) is 0 Å². The molecule has 8 heteroatoms. The summed E-state index contributed by atoms with van der Waals surface area (Å²) in [6, 6.07) is 38.4. The summed E-state index contributed by atoms with van der Waals surface area (Å²) >= 11 is 0. The van der Waals surface area contributed by atoms with E-state index in [1.165, 1.54) is 26.4 Å². The Morgan fingerprint density at radius 2 is 1.17 bits per heavy atom. The van der Waals surface area contributed by atoms with Gasteiger partial charge < -0.3 is 29.2 Å². The van der Waals surface area contributed by atoms with Gasteiger partial charge in [-0.1, -0.05) is 133 Å². The lowest BCUT2D eigenvalue weighted by Gasteiger charge is -2.42. The minimum absolute atomic E-state index is 0.194. The van der Waals surface area contributed by atoms with E-state index in [0.29, 0.717) is 40.9 Å². The molecule has 54 heavy (non-hydrogen) atoms. The largest absolute Gasteiger partial charge is 0.499 e. The Kier molecular flexibility index (Phi) is 11.8. The van der Waals surface area contributed by atoms with Gasteiger partial charge in [0, 0.05) is 18.9 Å². The number of ketones is 1. The van der Waals surface area contributed by atoms with Crippen molar-refractivity contribution in [3.05, 3.63) is 180 Å². The molecule has 0 bridgehead atoms. The SMILES string of the molecule is C=CCCC1(C(=O)OC)C=CC(=O)C=C1OC.OC(c1ccccc1)(c1ccccc1)[C@@H]1OC2(CCCC2)O[C@H]1C(O)(c1ccccc1)c1ccccc1. The van der Waals surface area contributed by atoms with E-state index in [9.17, 15) is 19.8 Å². The Bertz CT molecular complexity index is 1760. The lowest BCUT2D eigenvalue weighted by atomic mass is 9.72. The summed E-state index contributed by atoms with van der Waals surface area (Å²) in [4.78, 5) is 23.2. The van der Waals surface area contributed by atoms with E-state index in [2.05, 4.69) is 6.58 Å². The molecule has 280 valence electrons. The molecule has 4 aromatic carbocycles. The average molecular weight is 729 g/mol. The van der Waals surface area contributed by atoms with Gasteiger partial charge in [-0.25, -0.2) is 0 Å². The third-order valence-electron chi connectivity index (χ3n) is 10.8. The molecule has 1 saturated heterocycles. The van der Waals surface area contributed by atoms with Gasteiger partial charge in [-0.05, 0) is 54.0 Å². The Morgan fingerprint density at radius 1 is 0.759 bits per heavy atom. The molecular formula is C46H48O8. The highest BCUT2D eigenvalue weighted by atomic mass is 16.8. The van der Waals surface area contributed by atoms with Crippen LogP contribution >= 0.6 is 0 Å². The highest BCUT2D eigenvalue weighted by Crippen LogP contribution is 2.54. The van der Waals surface area contributed by atoms with Crippen molar-refractivity contribution < 1.29 is 38.7 Å². The first-order chi connectivity index (χ1) is 26.2. The van der Waals surface area contributed by atoms with Crippen molar-refractivity contribution in [1.82, 2.24) is 0 Å². The molecule has 3 aliphatic rings. The van der Waals surface area contributed by atoms with Crippen molar-refractivity contribution in [2.24, 2.45) is 5.41 Å². The smallest absolute Gasteiger partial charge is 0.323 e. The van der Waals surface area contributed by atoms with Crippen LogP contribution in [0, 0.1) is 5.41 Å².